The highest BCUT2D eigenvalue weighted by Crippen LogP contribution is 2.18. The van der Waals surface area contributed by atoms with Crippen molar-refractivity contribution in [1.82, 2.24) is 19.6 Å². The maximum absolute atomic E-state index is 12.9. The quantitative estimate of drug-likeness (QED) is 0.605. The van der Waals surface area contributed by atoms with Gasteiger partial charge in [0.15, 0.2) is 5.69 Å². The summed E-state index contributed by atoms with van der Waals surface area (Å²) in [6.45, 7) is 5.44. The zero-order valence-electron chi connectivity index (χ0n) is 17.3. The molecule has 0 spiro atoms. The lowest BCUT2D eigenvalue weighted by Gasteiger charge is -2.09. The molecule has 1 aromatic carbocycles. The van der Waals surface area contributed by atoms with Crippen molar-refractivity contribution in [3.8, 4) is 0 Å². The molecule has 2 aromatic heterocycles. The number of aromatic nitrogens is 2. The Bertz CT molecular complexity index is 1040. The zero-order valence-corrected chi connectivity index (χ0v) is 17.3. The third-order valence-corrected chi connectivity index (χ3v) is 4.80. The van der Waals surface area contributed by atoms with Gasteiger partial charge in [0.2, 0.25) is 5.82 Å². The summed E-state index contributed by atoms with van der Waals surface area (Å²) in [6.07, 6.45) is 2.58. The molecule has 0 bridgehead atoms. The molecule has 0 aliphatic rings. The van der Waals surface area contributed by atoms with Gasteiger partial charge < -0.3 is 15.5 Å². The van der Waals surface area contributed by atoms with Gasteiger partial charge in [0, 0.05) is 18.4 Å². The first-order valence-corrected chi connectivity index (χ1v) is 9.65. The number of nitrogens with one attached hydrogen (secondary N) is 2. The minimum Gasteiger partial charge on any atom is -0.349 e. The molecule has 0 atom stereocenters. The van der Waals surface area contributed by atoms with E-state index in [0.29, 0.717) is 17.7 Å². The fraction of sp³-hybridized carbons (Fsp3) is 0.318. The lowest BCUT2D eigenvalue weighted by molar-refractivity contribution is 0.0941. The van der Waals surface area contributed by atoms with Crippen LogP contribution in [0.2, 0.25) is 0 Å². The van der Waals surface area contributed by atoms with Gasteiger partial charge in [0.05, 0.1) is 5.52 Å². The van der Waals surface area contributed by atoms with Crippen LogP contribution in [0.1, 0.15) is 38.7 Å². The van der Waals surface area contributed by atoms with Gasteiger partial charge in [-0.15, -0.1) is 0 Å². The van der Waals surface area contributed by atoms with E-state index in [1.54, 1.807) is 16.7 Å². The van der Waals surface area contributed by atoms with E-state index in [1.807, 2.05) is 58.3 Å². The second kappa shape index (κ2) is 8.87. The molecular weight excluding hydrogens is 366 g/mol. The van der Waals surface area contributed by atoms with Crippen LogP contribution < -0.4 is 10.6 Å². The highest BCUT2D eigenvalue weighted by molar-refractivity contribution is 6.09. The molecule has 0 saturated carbocycles. The second-order valence-corrected chi connectivity index (χ2v) is 7.41. The molecule has 2 heterocycles. The monoisotopic (exact) mass is 393 g/mol. The number of carbonyl (C=O) groups excluding carboxylic acids is 2. The van der Waals surface area contributed by atoms with E-state index in [4.69, 9.17) is 0 Å². The SMILES string of the molecule is Cc1ccc(NC(=O)c2nc(C(=O)NCCCN(C)C)n3ccccc23)cc1C. The van der Waals surface area contributed by atoms with Crippen LogP contribution in [0, 0.1) is 13.8 Å². The van der Waals surface area contributed by atoms with Crippen LogP contribution in [0.25, 0.3) is 5.52 Å². The summed E-state index contributed by atoms with van der Waals surface area (Å²) >= 11 is 0. The molecule has 0 saturated heterocycles. The van der Waals surface area contributed by atoms with E-state index in [0.717, 1.165) is 24.1 Å². The summed E-state index contributed by atoms with van der Waals surface area (Å²) in [4.78, 5) is 31.9. The number of nitrogens with zero attached hydrogens (tertiary/aromatic N) is 3. The number of imidazole rings is 1. The Balaban J connectivity index is 1.82. The molecule has 2 amide bonds. The number of rotatable bonds is 7. The van der Waals surface area contributed by atoms with Crippen LogP contribution in [-0.4, -0.2) is 53.3 Å². The summed E-state index contributed by atoms with van der Waals surface area (Å²) in [5.74, 6) is -0.436. The molecule has 0 fully saturated rings. The molecule has 3 aromatic rings. The minimum absolute atomic E-state index is 0.204. The van der Waals surface area contributed by atoms with Crippen LogP contribution in [0.4, 0.5) is 5.69 Å². The third kappa shape index (κ3) is 4.81. The fourth-order valence-electron chi connectivity index (χ4n) is 3.05. The zero-order chi connectivity index (χ0) is 21.0. The molecule has 29 heavy (non-hydrogen) atoms. The Kier molecular flexibility index (Phi) is 6.29. The standard InChI is InChI=1S/C22H27N5O2/c1-15-9-10-17(14-16(15)2)24-21(28)19-18-8-5-6-13-27(18)20(25-19)22(29)23-11-7-12-26(3)4/h5-6,8-10,13-14H,7,11-12H2,1-4H3,(H,23,29)(H,24,28). The van der Waals surface area contributed by atoms with Crippen LogP contribution >= 0.6 is 0 Å². The average molecular weight is 393 g/mol. The van der Waals surface area contributed by atoms with Gasteiger partial charge in [-0.2, -0.15) is 0 Å². The number of aryl methyl sites for hydroxylation is 2. The molecule has 3 rings (SSSR count). The van der Waals surface area contributed by atoms with Crippen molar-refractivity contribution in [2.75, 3.05) is 32.5 Å². The Morgan fingerprint density at radius 1 is 1.07 bits per heavy atom. The molecular formula is C22H27N5O2. The lowest BCUT2D eigenvalue weighted by Crippen LogP contribution is -2.28. The Hall–Kier alpha value is -3.19. The van der Waals surface area contributed by atoms with Gasteiger partial charge in [-0.3, -0.25) is 14.0 Å². The third-order valence-electron chi connectivity index (χ3n) is 4.80. The molecule has 152 valence electrons. The Morgan fingerprint density at radius 3 is 2.59 bits per heavy atom. The predicted molar refractivity (Wildman–Crippen MR) is 115 cm³/mol. The first-order valence-electron chi connectivity index (χ1n) is 9.65. The maximum Gasteiger partial charge on any atom is 0.287 e. The Morgan fingerprint density at radius 2 is 1.86 bits per heavy atom. The highest BCUT2D eigenvalue weighted by atomic mass is 16.2. The van der Waals surface area contributed by atoms with Crippen molar-refractivity contribution in [2.45, 2.75) is 20.3 Å². The maximum atomic E-state index is 12.9. The highest BCUT2D eigenvalue weighted by Gasteiger charge is 2.21. The van der Waals surface area contributed by atoms with E-state index < -0.39 is 0 Å². The fourth-order valence-corrected chi connectivity index (χ4v) is 3.05. The first-order chi connectivity index (χ1) is 13.9. The molecule has 7 nitrogen and oxygen atoms in total. The summed E-state index contributed by atoms with van der Waals surface area (Å²) in [5.41, 5.74) is 3.76. The number of amides is 2. The van der Waals surface area contributed by atoms with Crippen molar-refractivity contribution in [2.24, 2.45) is 0 Å². The van der Waals surface area contributed by atoms with Gasteiger partial charge in [-0.25, -0.2) is 4.98 Å². The van der Waals surface area contributed by atoms with Crippen molar-refractivity contribution in [3.63, 3.8) is 0 Å². The lowest BCUT2D eigenvalue weighted by atomic mass is 10.1. The summed E-state index contributed by atoms with van der Waals surface area (Å²) in [6, 6.07) is 11.2. The van der Waals surface area contributed by atoms with Crippen LogP contribution in [0.15, 0.2) is 42.6 Å². The number of hydrogen-bond acceptors (Lipinski definition) is 4. The Labute approximate surface area is 170 Å². The molecule has 0 aliphatic heterocycles. The van der Waals surface area contributed by atoms with E-state index in [-0.39, 0.29) is 23.3 Å². The number of pyridine rings is 1. The van der Waals surface area contributed by atoms with Crippen LogP contribution in [0.5, 0.6) is 0 Å². The molecule has 0 aliphatic carbocycles. The molecule has 0 unspecified atom stereocenters. The van der Waals surface area contributed by atoms with Crippen molar-refractivity contribution >= 4 is 23.0 Å². The van der Waals surface area contributed by atoms with E-state index in [2.05, 4.69) is 20.5 Å². The van der Waals surface area contributed by atoms with Crippen molar-refractivity contribution in [1.29, 1.82) is 0 Å². The smallest absolute Gasteiger partial charge is 0.287 e. The number of benzene rings is 1. The van der Waals surface area contributed by atoms with Crippen molar-refractivity contribution in [3.05, 3.63) is 65.2 Å². The average Bonchev–Trinajstić information content (AvgIpc) is 3.08. The number of fused-ring (bicyclic) bond motifs is 1. The number of hydrogen-bond donors (Lipinski definition) is 2. The van der Waals surface area contributed by atoms with Crippen molar-refractivity contribution < 1.29 is 9.59 Å². The second-order valence-electron chi connectivity index (χ2n) is 7.41. The van der Waals surface area contributed by atoms with E-state index in [9.17, 15) is 9.59 Å². The summed E-state index contributed by atoms with van der Waals surface area (Å²) < 4.78 is 1.65. The van der Waals surface area contributed by atoms with Crippen LogP contribution in [-0.2, 0) is 0 Å². The van der Waals surface area contributed by atoms with E-state index >= 15 is 0 Å². The van der Waals surface area contributed by atoms with E-state index in [1.165, 1.54) is 0 Å². The summed E-state index contributed by atoms with van der Waals surface area (Å²) in [5, 5.41) is 5.76. The van der Waals surface area contributed by atoms with Gasteiger partial charge in [0.1, 0.15) is 0 Å². The topological polar surface area (TPSA) is 78.7 Å². The van der Waals surface area contributed by atoms with Gasteiger partial charge in [-0.1, -0.05) is 12.1 Å². The molecule has 7 heteroatoms. The summed E-state index contributed by atoms with van der Waals surface area (Å²) in [7, 11) is 3.98. The minimum atomic E-state index is -0.344. The number of anilines is 1. The molecule has 2 N–H and O–H groups in total. The van der Waals surface area contributed by atoms with Gasteiger partial charge >= 0.3 is 0 Å². The normalized spacial score (nSPS) is 11.1. The first kappa shape index (κ1) is 20.5. The van der Waals surface area contributed by atoms with Gasteiger partial charge in [0.25, 0.3) is 11.8 Å². The van der Waals surface area contributed by atoms with Gasteiger partial charge in [-0.05, 0) is 76.3 Å². The number of carbonyl (C=O) groups is 2. The largest absolute Gasteiger partial charge is 0.349 e. The molecule has 0 radical (unpaired) electrons. The predicted octanol–water partition coefficient (Wildman–Crippen LogP) is 2.88. The van der Waals surface area contributed by atoms with Crippen LogP contribution in [0.3, 0.4) is 0 Å².